The van der Waals surface area contributed by atoms with Crippen LogP contribution in [0, 0.1) is 40.4 Å². The molecule has 0 aromatic carbocycles. The number of carbonyl (C=O) groups excluding carboxylic acids is 1. The first kappa shape index (κ1) is 16.9. The van der Waals surface area contributed by atoms with Gasteiger partial charge in [-0.2, -0.15) is 0 Å². The van der Waals surface area contributed by atoms with Crippen molar-refractivity contribution in [2.75, 3.05) is 0 Å². The molecule has 0 amide bonds. The average Bonchev–Trinajstić information content (AvgIpc) is 2.54. The van der Waals surface area contributed by atoms with Crippen LogP contribution in [0.15, 0.2) is 12.2 Å². The van der Waals surface area contributed by atoms with E-state index in [4.69, 9.17) is 0 Å². The summed E-state index contributed by atoms with van der Waals surface area (Å²) in [5.41, 5.74) is 2.12. The fourth-order valence-corrected chi connectivity index (χ4v) is 7.66. The molecule has 0 bridgehead atoms. The van der Waals surface area contributed by atoms with Crippen molar-refractivity contribution in [1.29, 1.82) is 0 Å². The number of ketones is 1. The van der Waals surface area contributed by atoms with Crippen LogP contribution >= 0.6 is 0 Å². The Balaban J connectivity index is 1.66. The van der Waals surface area contributed by atoms with Gasteiger partial charge in [-0.3, -0.25) is 4.79 Å². The van der Waals surface area contributed by atoms with Crippen molar-refractivity contribution in [2.24, 2.45) is 40.4 Å². The van der Waals surface area contributed by atoms with Gasteiger partial charge in [-0.1, -0.05) is 26.0 Å². The molecule has 0 N–H and O–H groups in total. The van der Waals surface area contributed by atoms with E-state index >= 15 is 0 Å². The topological polar surface area (TPSA) is 17.1 Å². The van der Waals surface area contributed by atoms with Gasteiger partial charge in [0.15, 0.2) is 0 Å². The van der Waals surface area contributed by atoms with Crippen LogP contribution in [0.5, 0.6) is 0 Å². The molecule has 1 nitrogen and oxygen atoms in total. The van der Waals surface area contributed by atoms with E-state index in [-0.39, 0.29) is 0 Å². The summed E-state index contributed by atoms with van der Waals surface area (Å²) in [7, 11) is 0. The van der Waals surface area contributed by atoms with E-state index in [2.05, 4.69) is 27.4 Å². The van der Waals surface area contributed by atoms with Crippen LogP contribution in [0.1, 0.15) is 85.0 Å². The molecule has 0 saturated heterocycles. The third-order valence-corrected chi connectivity index (χ3v) is 9.14. The van der Waals surface area contributed by atoms with E-state index in [1.807, 2.05) is 0 Å². The Morgan fingerprint density at radius 3 is 2.54 bits per heavy atom. The Hall–Kier alpha value is -0.590. The molecule has 0 heterocycles. The summed E-state index contributed by atoms with van der Waals surface area (Å²) in [5.74, 6) is 4.14. The van der Waals surface area contributed by atoms with Crippen LogP contribution < -0.4 is 0 Å². The highest BCUT2D eigenvalue weighted by atomic mass is 16.1. The van der Waals surface area contributed by atoms with Gasteiger partial charge < -0.3 is 0 Å². The first-order valence-corrected chi connectivity index (χ1v) is 10.5. The molecule has 7 atom stereocenters. The summed E-state index contributed by atoms with van der Waals surface area (Å²) in [6.45, 7) is 11.5. The number of hydrogen-bond donors (Lipinski definition) is 0. The molecule has 0 aromatic rings. The van der Waals surface area contributed by atoms with Gasteiger partial charge in [0, 0.05) is 12.3 Å². The van der Waals surface area contributed by atoms with E-state index in [1.165, 1.54) is 56.9 Å². The summed E-state index contributed by atoms with van der Waals surface area (Å²) < 4.78 is 0. The minimum atomic E-state index is 0.314. The zero-order valence-electron chi connectivity index (χ0n) is 16.1. The first-order valence-electron chi connectivity index (χ1n) is 10.5. The van der Waals surface area contributed by atoms with Gasteiger partial charge in [0.1, 0.15) is 5.78 Å². The standard InChI is InChI=1S/C23H36O/c1-15(2)17-8-7-16-9-10-18-21-20(24)6-5-11-22(21,3)12-13-23(18,4)19(16)14-17/h16-19,21H,1,5-14H2,2-4H3/t16-,17-,18+,19+,21-,22-,23+/m0/s1. The summed E-state index contributed by atoms with van der Waals surface area (Å²) in [6, 6.07) is 0. The number of Topliss-reactive ketones (excluding diaryl/α,β-unsaturated/α-hetero) is 1. The Bertz CT molecular complexity index is 548. The number of allylic oxidation sites excluding steroid dienone is 1. The smallest absolute Gasteiger partial charge is 0.136 e. The van der Waals surface area contributed by atoms with Gasteiger partial charge >= 0.3 is 0 Å². The quantitative estimate of drug-likeness (QED) is 0.525. The second-order valence-electron chi connectivity index (χ2n) is 10.4. The van der Waals surface area contributed by atoms with Gasteiger partial charge in [-0.05, 0) is 99.2 Å². The highest BCUT2D eigenvalue weighted by molar-refractivity contribution is 5.83. The van der Waals surface area contributed by atoms with Crippen molar-refractivity contribution in [2.45, 2.75) is 85.0 Å². The van der Waals surface area contributed by atoms with Crippen molar-refractivity contribution in [3.63, 3.8) is 0 Å². The maximum Gasteiger partial charge on any atom is 0.136 e. The van der Waals surface area contributed by atoms with Gasteiger partial charge in [0.05, 0.1) is 0 Å². The fraction of sp³-hybridized carbons (Fsp3) is 0.870. The lowest BCUT2D eigenvalue weighted by Gasteiger charge is -2.63. The molecule has 4 aliphatic carbocycles. The first-order chi connectivity index (χ1) is 11.3. The number of hydrogen-bond acceptors (Lipinski definition) is 1. The van der Waals surface area contributed by atoms with Crippen molar-refractivity contribution < 1.29 is 4.79 Å². The normalized spacial score (nSPS) is 51.3. The average molecular weight is 329 g/mol. The van der Waals surface area contributed by atoms with E-state index in [9.17, 15) is 4.79 Å². The molecule has 0 radical (unpaired) electrons. The van der Waals surface area contributed by atoms with Crippen molar-refractivity contribution in [1.82, 2.24) is 0 Å². The second-order valence-corrected chi connectivity index (χ2v) is 10.4. The van der Waals surface area contributed by atoms with E-state index < -0.39 is 0 Å². The summed E-state index contributed by atoms with van der Waals surface area (Å²) >= 11 is 0. The predicted octanol–water partition coefficient (Wildman–Crippen LogP) is 6.18. The van der Waals surface area contributed by atoms with Crippen molar-refractivity contribution in [3.8, 4) is 0 Å². The Labute approximate surface area is 148 Å². The third-order valence-electron chi connectivity index (χ3n) is 9.14. The maximum atomic E-state index is 12.9. The second kappa shape index (κ2) is 5.71. The molecule has 0 unspecified atom stereocenters. The van der Waals surface area contributed by atoms with E-state index in [0.29, 0.717) is 28.4 Å². The van der Waals surface area contributed by atoms with E-state index in [0.717, 1.165) is 30.6 Å². The van der Waals surface area contributed by atoms with Crippen LogP contribution in [0.4, 0.5) is 0 Å². The molecule has 0 spiro atoms. The summed E-state index contributed by atoms with van der Waals surface area (Å²) in [5, 5.41) is 0. The Morgan fingerprint density at radius 1 is 1.04 bits per heavy atom. The van der Waals surface area contributed by atoms with Gasteiger partial charge in [0.25, 0.3) is 0 Å². The zero-order valence-corrected chi connectivity index (χ0v) is 16.1. The Morgan fingerprint density at radius 2 is 1.79 bits per heavy atom. The molecule has 0 aliphatic heterocycles. The van der Waals surface area contributed by atoms with Crippen molar-refractivity contribution in [3.05, 3.63) is 12.2 Å². The molecule has 134 valence electrons. The summed E-state index contributed by atoms with van der Waals surface area (Å²) in [4.78, 5) is 12.9. The molecule has 4 aliphatic rings. The monoisotopic (exact) mass is 328 g/mol. The van der Waals surface area contributed by atoms with Gasteiger partial charge in [-0.25, -0.2) is 0 Å². The molecular formula is C23H36O. The van der Waals surface area contributed by atoms with Crippen LogP contribution in [0.2, 0.25) is 0 Å². The Kier molecular flexibility index (Phi) is 4.01. The lowest BCUT2D eigenvalue weighted by Crippen LogP contribution is -2.57. The lowest BCUT2D eigenvalue weighted by atomic mass is 9.41. The number of carbonyl (C=O) groups is 1. The van der Waals surface area contributed by atoms with Crippen LogP contribution in [0.3, 0.4) is 0 Å². The molecule has 0 aromatic heterocycles. The number of rotatable bonds is 1. The molecular weight excluding hydrogens is 292 g/mol. The minimum Gasteiger partial charge on any atom is -0.299 e. The summed E-state index contributed by atoms with van der Waals surface area (Å²) in [6.07, 6.45) is 12.8. The maximum absolute atomic E-state index is 12.9. The predicted molar refractivity (Wildman–Crippen MR) is 99.7 cm³/mol. The van der Waals surface area contributed by atoms with Crippen LogP contribution in [0.25, 0.3) is 0 Å². The highest BCUT2D eigenvalue weighted by Gasteiger charge is 2.60. The van der Waals surface area contributed by atoms with Crippen molar-refractivity contribution >= 4 is 5.78 Å². The number of fused-ring (bicyclic) bond motifs is 5. The molecule has 4 saturated carbocycles. The fourth-order valence-electron chi connectivity index (χ4n) is 7.66. The zero-order chi connectivity index (χ0) is 17.1. The lowest BCUT2D eigenvalue weighted by molar-refractivity contribution is -0.162. The molecule has 4 rings (SSSR count). The van der Waals surface area contributed by atoms with E-state index in [1.54, 1.807) is 0 Å². The van der Waals surface area contributed by atoms with Crippen LogP contribution in [-0.2, 0) is 4.79 Å². The minimum absolute atomic E-state index is 0.314. The molecule has 1 heteroatoms. The largest absolute Gasteiger partial charge is 0.299 e. The SMILES string of the molecule is C=C(C)[C@H]1CC[C@H]2CC[C@@H]3[C@H]4C(=O)CCC[C@@]4(C)CC[C@@]3(C)[C@@H]2C1. The van der Waals surface area contributed by atoms with Gasteiger partial charge in [-0.15, -0.1) is 0 Å². The highest BCUT2D eigenvalue weighted by Crippen LogP contribution is 2.66. The van der Waals surface area contributed by atoms with Gasteiger partial charge in [0.2, 0.25) is 0 Å². The molecule has 24 heavy (non-hydrogen) atoms. The third kappa shape index (κ3) is 2.36. The molecule has 4 fully saturated rings. The van der Waals surface area contributed by atoms with Crippen LogP contribution in [-0.4, -0.2) is 5.78 Å².